The van der Waals surface area contributed by atoms with E-state index in [0.29, 0.717) is 23.4 Å². The van der Waals surface area contributed by atoms with Crippen LogP contribution in [0.5, 0.6) is 0 Å². The van der Waals surface area contributed by atoms with Crippen molar-refractivity contribution in [3.8, 4) is 0 Å². The van der Waals surface area contributed by atoms with Gasteiger partial charge < -0.3 is 16.4 Å². The molecule has 1 amide bonds. The molecular formula is C14H20N4O. The maximum atomic E-state index is 11.0. The molecule has 2 heterocycles. The summed E-state index contributed by atoms with van der Waals surface area (Å²) >= 11 is 0. The highest BCUT2D eigenvalue weighted by atomic mass is 16.1. The summed E-state index contributed by atoms with van der Waals surface area (Å²) < 4.78 is 0. The first kappa shape index (κ1) is 12.4. The van der Waals surface area contributed by atoms with Gasteiger partial charge in [0.15, 0.2) is 0 Å². The van der Waals surface area contributed by atoms with Crippen molar-refractivity contribution in [1.29, 1.82) is 0 Å². The molecule has 1 aromatic rings. The van der Waals surface area contributed by atoms with Crippen molar-refractivity contribution in [1.82, 2.24) is 4.98 Å². The molecular weight excluding hydrogens is 240 g/mol. The molecule has 0 bridgehead atoms. The van der Waals surface area contributed by atoms with Crippen molar-refractivity contribution >= 4 is 11.7 Å². The van der Waals surface area contributed by atoms with Gasteiger partial charge in [0.05, 0.1) is 5.56 Å². The number of amides is 1. The lowest BCUT2D eigenvalue weighted by Crippen LogP contribution is -2.38. The van der Waals surface area contributed by atoms with Gasteiger partial charge in [0.2, 0.25) is 5.91 Å². The summed E-state index contributed by atoms with van der Waals surface area (Å²) in [7, 11) is 0. The molecule has 1 aliphatic carbocycles. The van der Waals surface area contributed by atoms with Gasteiger partial charge in [0.25, 0.3) is 0 Å². The van der Waals surface area contributed by atoms with Gasteiger partial charge in [-0.25, -0.2) is 4.98 Å². The summed E-state index contributed by atoms with van der Waals surface area (Å²) in [5, 5.41) is 0. The number of hydrogen-bond donors (Lipinski definition) is 2. The Morgan fingerprint density at radius 1 is 1.32 bits per heavy atom. The Hall–Kier alpha value is -1.62. The van der Waals surface area contributed by atoms with Gasteiger partial charge in [-0.15, -0.1) is 0 Å². The van der Waals surface area contributed by atoms with Crippen molar-refractivity contribution < 1.29 is 4.79 Å². The van der Waals surface area contributed by atoms with Gasteiger partial charge in [-0.05, 0) is 36.8 Å². The fourth-order valence-corrected chi connectivity index (χ4v) is 3.42. The van der Waals surface area contributed by atoms with E-state index in [1.165, 1.54) is 12.8 Å². The fraction of sp³-hybridized carbons (Fsp3) is 0.571. The second kappa shape index (κ2) is 4.81. The van der Waals surface area contributed by atoms with Crippen LogP contribution in [0.2, 0.25) is 0 Å². The van der Waals surface area contributed by atoms with Crippen molar-refractivity contribution in [3.05, 3.63) is 23.9 Å². The minimum absolute atomic E-state index is 0.327. The summed E-state index contributed by atoms with van der Waals surface area (Å²) in [6.07, 6.45) is 5.21. The molecule has 2 aliphatic rings. The monoisotopic (exact) mass is 260 g/mol. The van der Waals surface area contributed by atoms with Gasteiger partial charge in [0.1, 0.15) is 5.82 Å². The molecule has 3 unspecified atom stereocenters. The number of rotatable bonds is 2. The van der Waals surface area contributed by atoms with Gasteiger partial charge in [-0.2, -0.15) is 0 Å². The minimum atomic E-state index is -0.434. The van der Waals surface area contributed by atoms with Crippen LogP contribution in [0.3, 0.4) is 0 Å². The molecule has 0 radical (unpaired) electrons. The lowest BCUT2D eigenvalue weighted by Gasteiger charge is -2.29. The molecule has 2 fully saturated rings. The van der Waals surface area contributed by atoms with Crippen molar-refractivity contribution in [2.45, 2.75) is 25.3 Å². The number of aromatic nitrogens is 1. The van der Waals surface area contributed by atoms with Crippen LogP contribution in [0.15, 0.2) is 18.3 Å². The third-order valence-electron chi connectivity index (χ3n) is 4.51. The Morgan fingerprint density at radius 2 is 2.16 bits per heavy atom. The molecule has 0 aromatic carbocycles. The van der Waals surface area contributed by atoms with Crippen LogP contribution < -0.4 is 16.4 Å². The molecule has 3 rings (SSSR count). The molecule has 3 atom stereocenters. The SMILES string of the molecule is NC(=O)c1ccc(N2CC3CCCC(N)C3C2)nc1. The lowest BCUT2D eigenvalue weighted by molar-refractivity contribution is 0.1000. The summed E-state index contributed by atoms with van der Waals surface area (Å²) in [6, 6.07) is 3.95. The van der Waals surface area contributed by atoms with E-state index in [2.05, 4.69) is 9.88 Å². The van der Waals surface area contributed by atoms with Gasteiger partial charge >= 0.3 is 0 Å². The van der Waals surface area contributed by atoms with Crippen LogP contribution in [0.1, 0.15) is 29.6 Å². The average Bonchev–Trinajstić information content (AvgIpc) is 2.84. The van der Waals surface area contributed by atoms with E-state index in [9.17, 15) is 4.79 Å². The second-order valence-electron chi connectivity index (χ2n) is 5.69. The predicted molar refractivity (Wildman–Crippen MR) is 73.8 cm³/mol. The molecule has 5 heteroatoms. The second-order valence-corrected chi connectivity index (χ2v) is 5.69. The summed E-state index contributed by atoms with van der Waals surface area (Å²) in [5.41, 5.74) is 11.9. The van der Waals surface area contributed by atoms with Crippen LogP contribution in [0, 0.1) is 11.8 Å². The number of anilines is 1. The third kappa shape index (κ3) is 2.30. The average molecular weight is 260 g/mol. The Balaban J connectivity index is 1.75. The largest absolute Gasteiger partial charge is 0.366 e. The van der Waals surface area contributed by atoms with E-state index in [-0.39, 0.29) is 0 Å². The highest BCUT2D eigenvalue weighted by Gasteiger charge is 2.39. The topological polar surface area (TPSA) is 85.2 Å². The highest BCUT2D eigenvalue weighted by molar-refractivity contribution is 5.92. The molecule has 1 saturated heterocycles. The number of nitrogens with zero attached hydrogens (tertiary/aromatic N) is 2. The number of hydrogen-bond acceptors (Lipinski definition) is 4. The first-order valence-corrected chi connectivity index (χ1v) is 6.91. The molecule has 4 N–H and O–H groups in total. The summed E-state index contributed by atoms with van der Waals surface area (Å²) in [5.74, 6) is 1.77. The predicted octanol–water partition coefficient (Wildman–Crippen LogP) is 0.744. The number of primary amides is 1. The maximum Gasteiger partial charge on any atom is 0.250 e. The summed E-state index contributed by atoms with van der Waals surface area (Å²) in [4.78, 5) is 17.7. The van der Waals surface area contributed by atoms with E-state index in [1.807, 2.05) is 6.07 Å². The number of fused-ring (bicyclic) bond motifs is 1. The number of nitrogens with two attached hydrogens (primary N) is 2. The lowest BCUT2D eigenvalue weighted by atomic mass is 9.78. The number of carbonyl (C=O) groups is 1. The minimum Gasteiger partial charge on any atom is -0.366 e. The fourth-order valence-electron chi connectivity index (χ4n) is 3.42. The number of carbonyl (C=O) groups excluding carboxylic acids is 1. The molecule has 102 valence electrons. The number of pyridine rings is 1. The molecule has 0 spiro atoms. The quantitative estimate of drug-likeness (QED) is 0.821. The van der Waals surface area contributed by atoms with Crippen molar-refractivity contribution in [2.75, 3.05) is 18.0 Å². The normalized spacial score (nSPS) is 30.2. The smallest absolute Gasteiger partial charge is 0.250 e. The molecule has 1 aromatic heterocycles. The van der Waals surface area contributed by atoms with Crippen molar-refractivity contribution in [2.24, 2.45) is 23.3 Å². The van der Waals surface area contributed by atoms with Crippen LogP contribution in [-0.2, 0) is 0 Å². The zero-order valence-electron chi connectivity index (χ0n) is 11.0. The molecule has 1 aliphatic heterocycles. The van der Waals surface area contributed by atoms with Gasteiger partial charge in [-0.1, -0.05) is 6.42 Å². The van der Waals surface area contributed by atoms with E-state index < -0.39 is 5.91 Å². The molecule has 19 heavy (non-hydrogen) atoms. The Labute approximate surface area is 113 Å². The van der Waals surface area contributed by atoms with Crippen LogP contribution >= 0.6 is 0 Å². The van der Waals surface area contributed by atoms with E-state index >= 15 is 0 Å². The third-order valence-corrected chi connectivity index (χ3v) is 4.51. The van der Waals surface area contributed by atoms with Gasteiger partial charge in [-0.3, -0.25) is 4.79 Å². The van der Waals surface area contributed by atoms with Crippen LogP contribution in [-0.4, -0.2) is 30.0 Å². The zero-order valence-corrected chi connectivity index (χ0v) is 11.0. The zero-order chi connectivity index (χ0) is 13.4. The van der Waals surface area contributed by atoms with Gasteiger partial charge in [0, 0.05) is 25.3 Å². The van der Waals surface area contributed by atoms with Crippen LogP contribution in [0.25, 0.3) is 0 Å². The van der Waals surface area contributed by atoms with E-state index in [1.54, 1.807) is 12.3 Å². The standard InChI is InChI=1S/C14H20N4O/c15-12-3-1-2-10-7-18(8-11(10)12)13-5-4-9(6-17-13)14(16)19/h4-6,10-12H,1-3,7-8,15H2,(H2,16,19). The van der Waals surface area contributed by atoms with E-state index in [0.717, 1.165) is 25.3 Å². The highest BCUT2D eigenvalue weighted by Crippen LogP contribution is 2.36. The molecule has 1 saturated carbocycles. The van der Waals surface area contributed by atoms with Crippen LogP contribution in [0.4, 0.5) is 5.82 Å². The summed E-state index contributed by atoms with van der Waals surface area (Å²) in [6.45, 7) is 2.01. The van der Waals surface area contributed by atoms with Crippen molar-refractivity contribution in [3.63, 3.8) is 0 Å². The maximum absolute atomic E-state index is 11.0. The molecule has 5 nitrogen and oxygen atoms in total. The Morgan fingerprint density at radius 3 is 2.79 bits per heavy atom. The Kier molecular flexibility index (Phi) is 3.14. The first-order chi connectivity index (χ1) is 9.15. The first-order valence-electron chi connectivity index (χ1n) is 6.91. The van der Waals surface area contributed by atoms with E-state index in [4.69, 9.17) is 11.5 Å². The Bertz CT molecular complexity index is 473.